The number of nitrogens with zero attached hydrogens (tertiary/aromatic N) is 2. The van der Waals surface area contributed by atoms with Crippen LogP contribution in [0.25, 0.3) is 0 Å². The van der Waals surface area contributed by atoms with Gasteiger partial charge in [0.1, 0.15) is 16.7 Å². The van der Waals surface area contributed by atoms with Crippen molar-refractivity contribution < 1.29 is 19.4 Å². The molecule has 0 radical (unpaired) electrons. The Labute approximate surface area is 184 Å². The van der Waals surface area contributed by atoms with Crippen molar-refractivity contribution in [3.63, 3.8) is 0 Å². The van der Waals surface area contributed by atoms with Crippen LogP contribution in [0.4, 0.5) is 0 Å². The van der Waals surface area contributed by atoms with Crippen molar-refractivity contribution in [2.45, 2.75) is 44.8 Å². The van der Waals surface area contributed by atoms with Gasteiger partial charge in [0.2, 0.25) is 0 Å². The Morgan fingerprint density at radius 2 is 1.81 bits per heavy atom. The molecule has 1 amide bonds. The Balaban J connectivity index is 1.57. The molecule has 2 atom stereocenters. The number of ether oxygens (including phenoxy) is 1. The van der Waals surface area contributed by atoms with E-state index in [4.69, 9.17) is 9.84 Å². The third-order valence-corrected chi connectivity index (χ3v) is 6.18. The molecular weight excluding hydrogens is 414 g/mol. The second-order valence-electron chi connectivity index (χ2n) is 7.76. The molecule has 0 unspecified atom stereocenters. The van der Waals surface area contributed by atoms with E-state index in [2.05, 4.69) is 27.0 Å². The molecule has 31 heavy (non-hydrogen) atoms. The highest BCUT2D eigenvalue weighted by atomic mass is 32.1. The lowest BCUT2D eigenvalue weighted by Crippen LogP contribution is -2.39. The molecule has 2 N–H and O–H groups in total. The van der Waals surface area contributed by atoms with Gasteiger partial charge in [0, 0.05) is 0 Å². The smallest absolute Gasteiger partial charge is 0.335 e. The van der Waals surface area contributed by atoms with Gasteiger partial charge >= 0.3 is 5.97 Å². The second-order valence-corrected chi connectivity index (χ2v) is 8.51. The fourth-order valence-electron chi connectivity index (χ4n) is 3.44. The van der Waals surface area contributed by atoms with Gasteiger partial charge < -0.3 is 15.2 Å². The zero-order valence-electron chi connectivity index (χ0n) is 17.2. The first-order valence-corrected chi connectivity index (χ1v) is 10.9. The third kappa shape index (κ3) is 4.91. The lowest BCUT2D eigenvalue weighted by molar-refractivity contribution is 0.0696. The number of hydrogen-bond donors (Lipinski definition) is 2. The lowest BCUT2D eigenvalue weighted by Gasteiger charge is -2.26. The van der Waals surface area contributed by atoms with E-state index in [1.165, 1.54) is 30.5 Å². The lowest BCUT2D eigenvalue weighted by atomic mass is 10.00. The maximum atomic E-state index is 12.7. The second kappa shape index (κ2) is 8.85. The van der Waals surface area contributed by atoms with Crippen LogP contribution in [-0.2, 0) is 0 Å². The monoisotopic (exact) mass is 437 g/mol. The van der Waals surface area contributed by atoms with Crippen LogP contribution in [0.2, 0.25) is 0 Å². The zero-order chi connectivity index (χ0) is 22.0. The van der Waals surface area contributed by atoms with Gasteiger partial charge in [0.25, 0.3) is 5.91 Å². The molecule has 0 spiro atoms. The molecule has 4 rings (SSSR count). The molecule has 3 aromatic rings. The molecule has 0 saturated heterocycles. The largest absolute Gasteiger partial charge is 0.484 e. The van der Waals surface area contributed by atoms with Crippen LogP contribution in [0.1, 0.15) is 68.6 Å². The number of amides is 1. The van der Waals surface area contributed by atoms with Crippen LogP contribution in [0, 0.1) is 6.92 Å². The van der Waals surface area contributed by atoms with E-state index in [1.807, 2.05) is 19.1 Å². The average molecular weight is 438 g/mol. The molecule has 2 aromatic carbocycles. The number of carbonyl (C=O) groups is 2. The first-order chi connectivity index (χ1) is 14.9. The average Bonchev–Trinajstić information content (AvgIpc) is 3.52. The summed E-state index contributed by atoms with van der Waals surface area (Å²) in [6.45, 7) is 3.63. The predicted molar refractivity (Wildman–Crippen MR) is 117 cm³/mol. The summed E-state index contributed by atoms with van der Waals surface area (Å²) < 4.78 is 10.1. The molecule has 8 heteroatoms. The summed E-state index contributed by atoms with van der Waals surface area (Å²) >= 11 is 1.06. The minimum absolute atomic E-state index is 0.187. The van der Waals surface area contributed by atoms with Gasteiger partial charge in [-0.2, -0.15) is 0 Å². The number of benzene rings is 2. The van der Waals surface area contributed by atoms with Gasteiger partial charge in [-0.25, -0.2) is 4.79 Å². The van der Waals surface area contributed by atoms with E-state index >= 15 is 0 Å². The van der Waals surface area contributed by atoms with Crippen molar-refractivity contribution in [1.82, 2.24) is 14.9 Å². The van der Waals surface area contributed by atoms with Gasteiger partial charge in [-0.05, 0) is 79.5 Å². The van der Waals surface area contributed by atoms with Crippen molar-refractivity contribution in [2.75, 3.05) is 0 Å². The number of aromatic carboxylic acids is 1. The minimum Gasteiger partial charge on any atom is -0.484 e. The van der Waals surface area contributed by atoms with Gasteiger partial charge in [-0.1, -0.05) is 28.8 Å². The van der Waals surface area contributed by atoms with Gasteiger partial charge in [-0.15, -0.1) is 5.10 Å². The highest BCUT2D eigenvalue weighted by Crippen LogP contribution is 2.40. The summed E-state index contributed by atoms with van der Waals surface area (Å²) in [5.74, 6) is -0.0636. The van der Waals surface area contributed by atoms with E-state index < -0.39 is 12.1 Å². The first-order valence-electron chi connectivity index (χ1n) is 10.1. The Morgan fingerprint density at radius 1 is 1.13 bits per heavy atom. The number of nitrogens with one attached hydrogen (secondary N) is 1. The Morgan fingerprint density at radius 3 is 2.35 bits per heavy atom. The van der Waals surface area contributed by atoms with E-state index in [9.17, 15) is 9.59 Å². The van der Waals surface area contributed by atoms with Gasteiger partial charge in [-0.3, -0.25) is 4.79 Å². The summed E-state index contributed by atoms with van der Waals surface area (Å²) in [5, 5.41) is 16.0. The van der Waals surface area contributed by atoms with Crippen LogP contribution in [-0.4, -0.2) is 32.6 Å². The number of aromatic nitrogens is 2. The van der Waals surface area contributed by atoms with Crippen molar-refractivity contribution >= 4 is 23.4 Å². The molecular formula is C23H23N3O4S. The molecule has 1 aliphatic carbocycles. The van der Waals surface area contributed by atoms with Crippen molar-refractivity contribution in [2.24, 2.45) is 0 Å². The van der Waals surface area contributed by atoms with Crippen molar-refractivity contribution in [3.05, 3.63) is 75.8 Å². The highest BCUT2D eigenvalue weighted by Gasteiger charge is 2.27. The maximum absolute atomic E-state index is 12.7. The molecule has 0 aliphatic heterocycles. The topological polar surface area (TPSA) is 101 Å². The van der Waals surface area contributed by atoms with Crippen molar-refractivity contribution in [3.8, 4) is 5.75 Å². The minimum atomic E-state index is -0.993. The molecule has 0 bridgehead atoms. The summed E-state index contributed by atoms with van der Waals surface area (Å²) in [4.78, 5) is 24.3. The molecule has 1 heterocycles. The molecule has 1 fully saturated rings. The summed E-state index contributed by atoms with van der Waals surface area (Å²) in [6.07, 6.45) is 1.99. The predicted octanol–water partition coefficient (Wildman–Crippen LogP) is 4.36. The number of aryl methyl sites for hydroxylation is 1. The maximum Gasteiger partial charge on any atom is 0.335 e. The van der Waals surface area contributed by atoms with Crippen LogP contribution in [0.5, 0.6) is 5.75 Å². The standard InChI is InChI=1S/C23H23N3O4S/c1-13(24-22(27)21-14(2)25-26-31-21)20(17-7-5-16(6-8-17)15-3-4-15)30-19-11-9-18(10-12-19)23(28)29/h5-13,15,20H,3-4H2,1-2H3,(H,24,27)(H,28,29)/t13-,20-/m0/s1. The SMILES string of the molecule is Cc1nnsc1C(=O)N[C@@H](C)[C@H](Oc1ccc(C(=O)O)cc1)c1ccc(C2CC2)cc1. The van der Waals surface area contributed by atoms with Crippen LogP contribution in [0.3, 0.4) is 0 Å². The van der Waals surface area contributed by atoms with E-state index in [0.717, 1.165) is 17.1 Å². The van der Waals surface area contributed by atoms with E-state index in [1.54, 1.807) is 19.1 Å². The fraction of sp³-hybridized carbons (Fsp3) is 0.304. The Hall–Kier alpha value is -3.26. The number of hydrogen-bond acceptors (Lipinski definition) is 6. The fourth-order valence-corrected chi connectivity index (χ4v) is 4.00. The third-order valence-electron chi connectivity index (χ3n) is 5.35. The number of carboxylic acid groups (broad SMARTS) is 1. The van der Waals surface area contributed by atoms with Crippen LogP contribution < -0.4 is 10.1 Å². The number of rotatable bonds is 8. The summed E-state index contributed by atoms with van der Waals surface area (Å²) in [7, 11) is 0. The zero-order valence-corrected chi connectivity index (χ0v) is 18.1. The van der Waals surface area contributed by atoms with Crippen molar-refractivity contribution in [1.29, 1.82) is 0 Å². The first kappa shape index (κ1) is 21.0. The Kier molecular flexibility index (Phi) is 5.99. The number of carboxylic acids is 1. The molecule has 1 aliphatic rings. The van der Waals surface area contributed by atoms with Crippen LogP contribution >= 0.6 is 11.5 Å². The summed E-state index contributed by atoms with van der Waals surface area (Å²) in [5.41, 5.74) is 3.02. The normalized spacial score (nSPS) is 15.2. The Bertz CT molecular complexity index is 1070. The molecule has 160 valence electrons. The number of carbonyl (C=O) groups excluding carboxylic acids is 1. The van der Waals surface area contributed by atoms with E-state index in [-0.39, 0.29) is 17.5 Å². The van der Waals surface area contributed by atoms with Crippen LogP contribution in [0.15, 0.2) is 48.5 Å². The molecule has 7 nitrogen and oxygen atoms in total. The molecule has 1 aromatic heterocycles. The van der Waals surface area contributed by atoms with Gasteiger partial charge in [0.05, 0.1) is 17.3 Å². The quantitative estimate of drug-likeness (QED) is 0.543. The van der Waals surface area contributed by atoms with Gasteiger partial charge in [0.15, 0.2) is 0 Å². The highest BCUT2D eigenvalue weighted by molar-refractivity contribution is 7.08. The summed E-state index contributed by atoms with van der Waals surface area (Å²) in [6, 6.07) is 14.2. The van der Waals surface area contributed by atoms with E-state index in [0.29, 0.717) is 22.2 Å². The molecule has 1 saturated carbocycles.